The van der Waals surface area contributed by atoms with Crippen molar-refractivity contribution in [2.45, 2.75) is 32.5 Å². The van der Waals surface area contributed by atoms with E-state index in [0.717, 1.165) is 30.0 Å². The minimum atomic E-state index is 0.183. The Kier molecular flexibility index (Phi) is 2.71. The van der Waals surface area contributed by atoms with Gasteiger partial charge in [0, 0.05) is 19.0 Å². The summed E-state index contributed by atoms with van der Waals surface area (Å²) in [7, 11) is 0. The summed E-state index contributed by atoms with van der Waals surface area (Å²) in [5.41, 5.74) is 1.09. The fraction of sp³-hybridized carbons (Fsp3) is 0.615. The second-order valence-electron chi connectivity index (χ2n) is 5.12. The van der Waals surface area contributed by atoms with Crippen LogP contribution in [0.1, 0.15) is 28.6 Å². The molecule has 1 amide bonds. The van der Waals surface area contributed by atoms with Crippen LogP contribution in [0.4, 0.5) is 0 Å². The highest BCUT2D eigenvalue weighted by molar-refractivity contribution is 7.12. The lowest BCUT2D eigenvalue weighted by Gasteiger charge is -2.17. The number of fused-ring (bicyclic) bond motifs is 1. The monoisotopic (exact) mass is 251 g/mol. The summed E-state index contributed by atoms with van der Waals surface area (Å²) in [4.78, 5) is 15.2. The first-order chi connectivity index (χ1) is 8.15. The van der Waals surface area contributed by atoms with E-state index in [2.05, 4.69) is 6.92 Å². The van der Waals surface area contributed by atoms with Crippen molar-refractivity contribution < 1.29 is 9.53 Å². The van der Waals surface area contributed by atoms with Gasteiger partial charge in [-0.1, -0.05) is 0 Å². The molecule has 0 saturated carbocycles. The molecule has 2 saturated heterocycles. The van der Waals surface area contributed by atoms with Crippen LogP contribution in [0.2, 0.25) is 0 Å². The molecule has 0 bridgehead atoms. The van der Waals surface area contributed by atoms with Gasteiger partial charge in [-0.2, -0.15) is 0 Å². The molecule has 3 rings (SSSR count). The van der Waals surface area contributed by atoms with Crippen molar-refractivity contribution >= 4 is 17.2 Å². The van der Waals surface area contributed by atoms with Crippen LogP contribution in [0.15, 0.2) is 11.4 Å². The highest BCUT2D eigenvalue weighted by Gasteiger charge is 2.42. The molecule has 1 aromatic rings. The Bertz CT molecular complexity index is 428. The molecule has 2 aliphatic rings. The number of carbonyl (C=O) groups excluding carboxylic acids is 1. The van der Waals surface area contributed by atoms with Crippen LogP contribution >= 0.6 is 11.3 Å². The molecule has 3 nitrogen and oxygen atoms in total. The van der Waals surface area contributed by atoms with Gasteiger partial charge in [-0.05, 0) is 37.3 Å². The molecule has 4 heteroatoms. The van der Waals surface area contributed by atoms with E-state index in [0.29, 0.717) is 12.0 Å². The standard InChI is InChI=1S/C13H17NO2S/c1-8-3-4-17-12(8)13(15)14-6-10-5-9(2)16-11(10)7-14/h3-4,9-11H,5-7H2,1-2H3/t9-,10+,11-/m0/s1. The molecule has 0 aromatic carbocycles. The third-order valence-electron chi connectivity index (χ3n) is 3.77. The fourth-order valence-corrected chi connectivity index (χ4v) is 3.80. The number of thiophene rings is 1. The van der Waals surface area contributed by atoms with E-state index < -0.39 is 0 Å². The second kappa shape index (κ2) is 4.10. The second-order valence-corrected chi connectivity index (χ2v) is 6.04. The van der Waals surface area contributed by atoms with Gasteiger partial charge in [-0.15, -0.1) is 11.3 Å². The van der Waals surface area contributed by atoms with Crippen LogP contribution < -0.4 is 0 Å². The molecule has 3 heterocycles. The van der Waals surface area contributed by atoms with E-state index in [9.17, 15) is 4.79 Å². The van der Waals surface area contributed by atoms with Crippen LogP contribution in [0, 0.1) is 12.8 Å². The number of carbonyl (C=O) groups is 1. The molecule has 92 valence electrons. The summed E-state index contributed by atoms with van der Waals surface area (Å²) in [5, 5.41) is 1.98. The number of hydrogen-bond donors (Lipinski definition) is 0. The Morgan fingerprint density at radius 3 is 3.00 bits per heavy atom. The van der Waals surface area contributed by atoms with Crippen LogP contribution in [0.5, 0.6) is 0 Å². The summed E-state index contributed by atoms with van der Waals surface area (Å²) < 4.78 is 5.82. The molecule has 0 N–H and O–H groups in total. The lowest BCUT2D eigenvalue weighted by molar-refractivity contribution is 0.0444. The molecule has 2 fully saturated rings. The zero-order valence-corrected chi connectivity index (χ0v) is 11.0. The third kappa shape index (κ3) is 1.89. The van der Waals surface area contributed by atoms with Crippen LogP contribution in [0.3, 0.4) is 0 Å². The molecule has 0 radical (unpaired) electrons. The lowest BCUT2D eigenvalue weighted by atomic mass is 10.0. The highest BCUT2D eigenvalue weighted by atomic mass is 32.1. The number of hydrogen-bond acceptors (Lipinski definition) is 3. The number of likely N-dealkylation sites (tertiary alicyclic amines) is 1. The predicted octanol–water partition coefficient (Wildman–Crippen LogP) is 2.31. The van der Waals surface area contributed by atoms with Crippen molar-refractivity contribution in [3.8, 4) is 0 Å². The molecular weight excluding hydrogens is 234 g/mol. The molecule has 1 aromatic heterocycles. The maximum Gasteiger partial charge on any atom is 0.264 e. The molecule has 17 heavy (non-hydrogen) atoms. The van der Waals surface area contributed by atoms with E-state index in [-0.39, 0.29) is 12.0 Å². The van der Waals surface area contributed by atoms with E-state index >= 15 is 0 Å². The summed E-state index contributed by atoms with van der Waals surface area (Å²) in [5.74, 6) is 0.734. The van der Waals surface area contributed by atoms with Gasteiger partial charge in [0.15, 0.2) is 0 Å². The minimum Gasteiger partial charge on any atom is -0.373 e. The van der Waals surface area contributed by atoms with Gasteiger partial charge in [0.25, 0.3) is 5.91 Å². The number of aryl methyl sites for hydroxylation is 1. The average molecular weight is 251 g/mol. The van der Waals surface area contributed by atoms with Gasteiger partial charge in [0.1, 0.15) is 0 Å². The van der Waals surface area contributed by atoms with Gasteiger partial charge in [0.05, 0.1) is 17.1 Å². The zero-order chi connectivity index (χ0) is 12.0. The smallest absolute Gasteiger partial charge is 0.264 e. The van der Waals surface area contributed by atoms with Crippen LogP contribution in [-0.4, -0.2) is 36.1 Å². The zero-order valence-electron chi connectivity index (χ0n) is 10.2. The molecular formula is C13H17NO2S. The van der Waals surface area contributed by atoms with Gasteiger partial charge < -0.3 is 9.64 Å². The lowest BCUT2D eigenvalue weighted by Crippen LogP contribution is -2.31. The van der Waals surface area contributed by atoms with Crippen molar-refractivity contribution in [3.05, 3.63) is 21.9 Å². The average Bonchev–Trinajstić information content (AvgIpc) is 2.90. The maximum atomic E-state index is 12.3. The number of rotatable bonds is 1. The molecule has 2 aliphatic heterocycles. The summed E-state index contributed by atoms with van der Waals surface area (Å²) >= 11 is 1.54. The minimum absolute atomic E-state index is 0.183. The molecule has 3 atom stereocenters. The van der Waals surface area contributed by atoms with E-state index in [1.54, 1.807) is 11.3 Å². The topological polar surface area (TPSA) is 29.5 Å². The normalized spacial score (nSPS) is 31.9. The van der Waals surface area contributed by atoms with Crippen molar-refractivity contribution in [2.75, 3.05) is 13.1 Å². The number of ether oxygens (including phenoxy) is 1. The van der Waals surface area contributed by atoms with E-state index in [1.807, 2.05) is 23.3 Å². The summed E-state index contributed by atoms with van der Waals surface area (Å²) in [6, 6.07) is 2.01. The highest BCUT2D eigenvalue weighted by Crippen LogP contribution is 2.34. The number of nitrogens with zero attached hydrogens (tertiary/aromatic N) is 1. The Balaban J connectivity index is 1.72. The number of amides is 1. The summed E-state index contributed by atoms with van der Waals surface area (Å²) in [6.07, 6.45) is 1.73. The Labute approximate surface area is 105 Å². The first kappa shape index (κ1) is 11.2. The molecule has 0 unspecified atom stereocenters. The van der Waals surface area contributed by atoms with Crippen molar-refractivity contribution in [3.63, 3.8) is 0 Å². The van der Waals surface area contributed by atoms with Gasteiger partial charge in [-0.25, -0.2) is 0 Å². The van der Waals surface area contributed by atoms with Crippen molar-refractivity contribution in [1.29, 1.82) is 0 Å². The third-order valence-corrected chi connectivity index (χ3v) is 4.77. The quantitative estimate of drug-likeness (QED) is 0.766. The maximum absolute atomic E-state index is 12.3. The van der Waals surface area contributed by atoms with E-state index in [1.165, 1.54) is 0 Å². The van der Waals surface area contributed by atoms with Gasteiger partial charge in [0.2, 0.25) is 0 Å². The van der Waals surface area contributed by atoms with Gasteiger partial charge >= 0.3 is 0 Å². The Hall–Kier alpha value is -0.870. The van der Waals surface area contributed by atoms with Crippen molar-refractivity contribution in [2.24, 2.45) is 5.92 Å². The first-order valence-corrected chi connectivity index (χ1v) is 7.02. The first-order valence-electron chi connectivity index (χ1n) is 6.14. The van der Waals surface area contributed by atoms with Crippen LogP contribution in [0.25, 0.3) is 0 Å². The Morgan fingerprint density at radius 1 is 1.53 bits per heavy atom. The van der Waals surface area contributed by atoms with E-state index in [4.69, 9.17) is 4.74 Å². The SMILES string of the molecule is Cc1ccsc1C(=O)N1C[C@H]2C[C@H](C)O[C@H]2C1. The van der Waals surface area contributed by atoms with Gasteiger partial charge in [-0.3, -0.25) is 4.79 Å². The largest absolute Gasteiger partial charge is 0.373 e. The Morgan fingerprint density at radius 2 is 2.35 bits per heavy atom. The van der Waals surface area contributed by atoms with Crippen LogP contribution in [-0.2, 0) is 4.74 Å². The summed E-state index contributed by atoms with van der Waals surface area (Å²) in [6.45, 7) is 5.75. The van der Waals surface area contributed by atoms with Crippen molar-refractivity contribution in [1.82, 2.24) is 4.90 Å². The predicted molar refractivity (Wildman–Crippen MR) is 67.4 cm³/mol. The molecule has 0 spiro atoms. The molecule has 0 aliphatic carbocycles. The fourth-order valence-electron chi connectivity index (χ4n) is 2.90.